The van der Waals surface area contributed by atoms with Gasteiger partial charge in [0.25, 0.3) is 0 Å². The summed E-state index contributed by atoms with van der Waals surface area (Å²) in [7, 11) is 0. The van der Waals surface area contributed by atoms with E-state index in [9.17, 15) is 9.90 Å². The van der Waals surface area contributed by atoms with Crippen LogP contribution < -0.4 is 5.11 Å². The van der Waals surface area contributed by atoms with E-state index in [1.54, 1.807) is 34.8 Å². The molecule has 0 amide bonds. The molecule has 28 heavy (non-hydrogen) atoms. The summed E-state index contributed by atoms with van der Waals surface area (Å²) >= 11 is 7.47. The summed E-state index contributed by atoms with van der Waals surface area (Å²) in [6.45, 7) is 2.07. The Balaban J connectivity index is 1.78. The first kappa shape index (κ1) is 20.1. The maximum Gasteiger partial charge on any atom is 0.212 e. The van der Waals surface area contributed by atoms with E-state index < -0.39 is 5.97 Å². The zero-order chi connectivity index (χ0) is 19.9. The van der Waals surface area contributed by atoms with E-state index >= 15 is 0 Å². The molecule has 3 aromatic rings. The van der Waals surface area contributed by atoms with Crippen molar-refractivity contribution in [2.75, 3.05) is 0 Å². The molecule has 0 bridgehead atoms. The first-order valence-electron chi connectivity index (χ1n) is 8.74. The van der Waals surface area contributed by atoms with Gasteiger partial charge in [0.05, 0.1) is 12.2 Å². The molecule has 0 aliphatic heterocycles. The van der Waals surface area contributed by atoms with Gasteiger partial charge in [-0.1, -0.05) is 66.7 Å². The lowest BCUT2D eigenvalue weighted by Crippen LogP contribution is -2.21. The van der Waals surface area contributed by atoms with Crippen molar-refractivity contribution in [2.24, 2.45) is 5.10 Å². The van der Waals surface area contributed by atoms with Crippen LogP contribution in [0, 0.1) is 0 Å². The Hall–Kier alpha value is -2.64. The van der Waals surface area contributed by atoms with Crippen LogP contribution in [0.2, 0.25) is 5.02 Å². The van der Waals surface area contributed by atoms with Crippen LogP contribution in [0.4, 0.5) is 0 Å². The quantitative estimate of drug-likeness (QED) is 0.417. The van der Waals surface area contributed by atoms with E-state index in [0.717, 1.165) is 35.5 Å². The van der Waals surface area contributed by atoms with Crippen LogP contribution in [-0.4, -0.2) is 27.1 Å². The van der Waals surface area contributed by atoms with E-state index in [-0.39, 0.29) is 5.56 Å². The topological polar surface area (TPSA) is 83.2 Å². The molecule has 0 saturated heterocycles. The molecule has 1 aromatic heterocycles. The highest BCUT2D eigenvalue weighted by atomic mass is 35.5. The van der Waals surface area contributed by atoms with Gasteiger partial charge in [-0.2, -0.15) is 9.78 Å². The van der Waals surface area contributed by atoms with E-state index in [4.69, 9.17) is 11.6 Å². The monoisotopic (exact) mass is 413 g/mol. The predicted octanol–water partition coefficient (Wildman–Crippen LogP) is 3.42. The lowest BCUT2D eigenvalue weighted by atomic mass is 10.1. The van der Waals surface area contributed by atoms with E-state index in [1.807, 2.05) is 24.3 Å². The summed E-state index contributed by atoms with van der Waals surface area (Å²) in [6.07, 6.45) is 3.35. The molecule has 0 unspecified atom stereocenters. The smallest absolute Gasteiger partial charge is 0.212 e. The van der Waals surface area contributed by atoms with Gasteiger partial charge in [0.1, 0.15) is 0 Å². The third kappa shape index (κ3) is 5.21. The number of aromatic nitrogens is 3. The van der Waals surface area contributed by atoms with Crippen molar-refractivity contribution in [3.05, 3.63) is 76.1 Å². The summed E-state index contributed by atoms with van der Waals surface area (Å²) in [5, 5.41) is 25.3. The SMILES string of the molecule is CCCc1nnc(SCc2ccc(Cl)cc2)n1/N=C\c1ccc(C(=O)[O-])cc1. The van der Waals surface area contributed by atoms with Crippen molar-refractivity contribution in [1.82, 2.24) is 14.9 Å². The standard InChI is InChI=1S/C20H19ClN4O2S/c1-2-3-18-23-24-20(28-13-15-6-10-17(21)11-7-15)25(18)22-12-14-4-8-16(9-5-14)19(26)27/h4-12H,2-3,13H2,1H3,(H,26,27)/p-1/b22-12-. The van der Waals surface area contributed by atoms with Gasteiger partial charge in [0.2, 0.25) is 5.16 Å². The molecule has 0 spiro atoms. The molecule has 0 aliphatic carbocycles. The highest BCUT2D eigenvalue weighted by molar-refractivity contribution is 7.98. The fourth-order valence-corrected chi connectivity index (χ4v) is 3.43. The number of aromatic carboxylic acids is 1. The van der Waals surface area contributed by atoms with Crippen molar-refractivity contribution in [2.45, 2.75) is 30.7 Å². The van der Waals surface area contributed by atoms with Crippen LogP contribution in [0.15, 0.2) is 58.8 Å². The van der Waals surface area contributed by atoms with Crippen molar-refractivity contribution in [3.8, 4) is 0 Å². The first-order valence-corrected chi connectivity index (χ1v) is 10.1. The van der Waals surface area contributed by atoms with Gasteiger partial charge in [0.15, 0.2) is 5.82 Å². The third-order valence-corrected chi connectivity index (χ3v) is 5.14. The number of carboxylic acids is 1. The fourth-order valence-electron chi connectivity index (χ4n) is 2.44. The second-order valence-electron chi connectivity index (χ2n) is 6.03. The van der Waals surface area contributed by atoms with Gasteiger partial charge in [-0.3, -0.25) is 0 Å². The number of nitrogens with zero attached hydrogens (tertiary/aromatic N) is 4. The molecular formula is C20H18ClN4O2S-. The number of carboxylic acid groups (broad SMARTS) is 1. The van der Waals surface area contributed by atoms with Crippen LogP contribution in [-0.2, 0) is 12.2 Å². The first-order chi connectivity index (χ1) is 13.6. The average Bonchev–Trinajstić information content (AvgIpc) is 3.08. The largest absolute Gasteiger partial charge is 0.545 e. The van der Waals surface area contributed by atoms with Crippen LogP contribution in [0.5, 0.6) is 0 Å². The van der Waals surface area contributed by atoms with Crippen LogP contribution >= 0.6 is 23.4 Å². The van der Waals surface area contributed by atoms with Crippen molar-refractivity contribution in [1.29, 1.82) is 0 Å². The molecule has 3 rings (SSSR count). The summed E-state index contributed by atoms with van der Waals surface area (Å²) in [5.41, 5.74) is 2.03. The Morgan fingerprint density at radius 3 is 2.54 bits per heavy atom. The second kappa shape index (κ2) is 9.52. The minimum Gasteiger partial charge on any atom is -0.545 e. The van der Waals surface area contributed by atoms with E-state index in [0.29, 0.717) is 10.2 Å². The number of halogens is 1. The molecule has 8 heteroatoms. The van der Waals surface area contributed by atoms with Crippen LogP contribution in [0.1, 0.15) is 40.7 Å². The number of hydrogen-bond donors (Lipinski definition) is 0. The van der Waals surface area contributed by atoms with Gasteiger partial charge in [-0.25, -0.2) is 0 Å². The summed E-state index contributed by atoms with van der Waals surface area (Å²) in [5.74, 6) is 0.300. The predicted molar refractivity (Wildman–Crippen MR) is 109 cm³/mol. The van der Waals surface area contributed by atoms with Crippen molar-refractivity contribution < 1.29 is 9.90 Å². The Morgan fingerprint density at radius 1 is 1.18 bits per heavy atom. The molecule has 0 aliphatic rings. The van der Waals surface area contributed by atoms with Crippen molar-refractivity contribution >= 4 is 35.5 Å². The van der Waals surface area contributed by atoms with Crippen LogP contribution in [0.3, 0.4) is 0 Å². The van der Waals surface area contributed by atoms with Gasteiger partial charge in [-0.15, -0.1) is 10.2 Å². The lowest BCUT2D eigenvalue weighted by Gasteiger charge is -2.05. The zero-order valence-electron chi connectivity index (χ0n) is 15.2. The van der Waals surface area contributed by atoms with Gasteiger partial charge in [-0.05, 0) is 35.2 Å². The lowest BCUT2D eigenvalue weighted by molar-refractivity contribution is -0.255. The molecule has 0 radical (unpaired) electrons. The number of thioether (sulfide) groups is 1. The van der Waals surface area contributed by atoms with Gasteiger partial charge >= 0.3 is 0 Å². The minimum atomic E-state index is -1.20. The molecule has 0 saturated carbocycles. The highest BCUT2D eigenvalue weighted by Gasteiger charge is 2.11. The minimum absolute atomic E-state index is 0.132. The number of carbonyl (C=O) groups is 1. The summed E-state index contributed by atoms with van der Waals surface area (Å²) in [4.78, 5) is 10.9. The Labute approximate surface area is 172 Å². The van der Waals surface area contributed by atoms with Crippen LogP contribution in [0.25, 0.3) is 0 Å². The van der Waals surface area contributed by atoms with E-state index in [2.05, 4.69) is 22.2 Å². The molecule has 0 fully saturated rings. The molecular weight excluding hydrogens is 396 g/mol. The normalized spacial score (nSPS) is 11.2. The van der Waals surface area contributed by atoms with E-state index in [1.165, 1.54) is 12.1 Å². The fraction of sp³-hybridized carbons (Fsp3) is 0.200. The maximum absolute atomic E-state index is 10.9. The molecule has 6 nitrogen and oxygen atoms in total. The van der Waals surface area contributed by atoms with Gasteiger partial charge < -0.3 is 9.90 Å². The Morgan fingerprint density at radius 2 is 1.89 bits per heavy atom. The molecule has 1 heterocycles. The number of carbonyl (C=O) groups excluding carboxylic acids is 1. The molecule has 0 atom stereocenters. The maximum atomic E-state index is 10.9. The number of aryl methyl sites for hydroxylation is 1. The summed E-state index contributed by atoms with van der Waals surface area (Å²) < 4.78 is 1.73. The highest BCUT2D eigenvalue weighted by Crippen LogP contribution is 2.23. The molecule has 2 aromatic carbocycles. The average molecular weight is 414 g/mol. The van der Waals surface area contributed by atoms with Gasteiger partial charge in [0, 0.05) is 17.2 Å². The van der Waals surface area contributed by atoms with Crippen molar-refractivity contribution in [3.63, 3.8) is 0 Å². The summed E-state index contributed by atoms with van der Waals surface area (Å²) in [6, 6.07) is 14.0. The third-order valence-electron chi connectivity index (χ3n) is 3.90. The second-order valence-corrected chi connectivity index (χ2v) is 7.41. The molecule has 0 N–H and O–H groups in total. The Kier molecular flexibility index (Phi) is 6.84. The molecule has 144 valence electrons. The Bertz CT molecular complexity index is 969. The number of rotatable bonds is 8. The zero-order valence-corrected chi connectivity index (χ0v) is 16.8. The number of benzene rings is 2. The number of hydrogen-bond acceptors (Lipinski definition) is 6.